The highest BCUT2D eigenvalue weighted by atomic mass is 19.1. The zero-order valence-electron chi connectivity index (χ0n) is 9.16. The van der Waals surface area contributed by atoms with E-state index in [4.69, 9.17) is 5.11 Å². The van der Waals surface area contributed by atoms with Crippen LogP contribution in [0.15, 0.2) is 18.2 Å². The minimum absolute atomic E-state index is 0.298. The van der Waals surface area contributed by atoms with Crippen LogP contribution in [0.1, 0.15) is 18.1 Å². The lowest BCUT2D eigenvalue weighted by Gasteiger charge is -2.02. The Hall–Kier alpha value is -1.84. The number of carbonyl (C=O) groups excluding carboxylic acids is 1. The Morgan fingerprint density at radius 2 is 2.25 bits per heavy atom. The molecule has 86 valence electrons. The Morgan fingerprint density at radius 1 is 1.56 bits per heavy atom. The fourth-order valence-corrected chi connectivity index (χ4v) is 1.21. The summed E-state index contributed by atoms with van der Waals surface area (Å²) >= 11 is 0. The van der Waals surface area contributed by atoms with Crippen LogP contribution >= 0.6 is 0 Å². The molecule has 0 amide bonds. The van der Waals surface area contributed by atoms with Crippen molar-refractivity contribution in [2.24, 2.45) is 0 Å². The van der Waals surface area contributed by atoms with E-state index in [0.717, 1.165) is 0 Å². The van der Waals surface area contributed by atoms with Gasteiger partial charge in [-0.3, -0.25) is 0 Å². The Morgan fingerprint density at radius 3 is 2.88 bits per heavy atom. The summed E-state index contributed by atoms with van der Waals surface area (Å²) in [7, 11) is 0. The van der Waals surface area contributed by atoms with E-state index >= 15 is 0 Å². The smallest absolute Gasteiger partial charge is 0.330 e. The molecule has 0 bridgehead atoms. The molecule has 1 aromatic carbocycles. The average molecular weight is 224 g/mol. The van der Waals surface area contributed by atoms with Crippen LogP contribution in [0.2, 0.25) is 0 Å². The van der Waals surface area contributed by atoms with E-state index in [1.54, 1.807) is 13.8 Å². The number of carbonyl (C=O) groups is 1. The van der Waals surface area contributed by atoms with Gasteiger partial charge in [-0.25, -0.2) is 9.18 Å². The van der Waals surface area contributed by atoms with E-state index in [-0.39, 0.29) is 0 Å². The normalized spacial score (nSPS) is 10.7. The van der Waals surface area contributed by atoms with Gasteiger partial charge in [-0.1, -0.05) is 0 Å². The highest BCUT2D eigenvalue weighted by Crippen LogP contribution is 2.21. The summed E-state index contributed by atoms with van der Waals surface area (Å²) in [6.45, 7) is 3.72. The van der Waals surface area contributed by atoms with Crippen LogP contribution in [0.5, 0.6) is 5.75 Å². The van der Waals surface area contributed by atoms with Crippen molar-refractivity contribution in [3.05, 3.63) is 35.2 Å². The molecule has 0 aromatic heterocycles. The number of benzene rings is 1. The Bertz CT molecular complexity index is 425. The van der Waals surface area contributed by atoms with Crippen molar-refractivity contribution in [2.45, 2.75) is 13.8 Å². The van der Waals surface area contributed by atoms with Crippen molar-refractivity contribution < 1.29 is 19.0 Å². The number of esters is 1. The molecule has 0 saturated carbocycles. The summed E-state index contributed by atoms with van der Waals surface area (Å²) in [5.74, 6) is -1.59. The van der Waals surface area contributed by atoms with Crippen LogP contribution in [0.4, 0.5) is 4.39 Å². The number of hydrogen-bond donors (Lipinski definition) is 1. The minimum Gasteiger partial charge on any atom is -0.505 e. The second-order valence-electron chi connectivity index (χ2n) is 3.25. The van der Waals surface area contributed by atoms with E-state index in [2.05, 4.69) is 4.74 Å². The summed E-state index contributed by atoms with van der Waals surface area (Å²) in [6, 6.07) is 2.47. The summed E-state index contributed by atoms with van der Waals surface area (Å²) < 4.78 is 17.7. The molecule has 0 fully saturated rings. The number of phenols is 1. The molecule has 0 radical (unpaired) electrons. The summed E-state index contributed by atoms with van der Waals surface area (Å²) in [4.78, 5) is 11.0. The van der Waals surface area contributed by atoms with Crippen LogP contribution < -0.4 is 0 Å². The van der Waals surface area contributed by atoms with Gasteiger partial charge in [-0.05, 0) is 43.2 Å². The summed E-state index contributed by atoms with van der Waals surface area (Å²) in [6.07, 6.45) is 2.68. The van der Waals surface area contributed by atoms with Gasteiger partial charge in [-0.2, -0.15) is 0 Å². The van der Waals surface area contributed by atoms with Crippen LogP contribution in [-0.2, 0) is 9.53 Å². The first-order valence-electron chi connectivity index (χ1n) is 4.88. The molecular formula is C12H13FO3. The van der Waals surface area contributed by atoms with Gasteiger partial charge in [0.25, 0.3) is 0 Å². The van der Waals surface area contributed by atoms with Crippen LogP contribution in [0.3, 0.4) is 0 Å². The Labute approximate surface area is 93.2 Å². The largest absolute Gasteiger partial charge is 0.505 e. The van der Waals surface area contributed by atoms with Crippen molar-refractivity contribution in [3.63, 3.8) is 0 Å². The molecule has 0 aliphatic carbocycles. The molecule has 0 heterocycles. The summed E-state index contributed by atoms with van der Waals surface area (Å²) in [5, 5.41) is 9.10. The van der Waals surface area contributed by atoms with Gasteiger partial charge in [-0.15, -0.1) is 0 Å². The zero-order chi connectivity index (χ0) is 12.1. The molecule has 3 nitrogen and oxygen atoms in total. The number of rotatable bonds is 3. The molecule has 1 rings (SSSR count). The highest BCUT2D eigenvalue weighted by molar-refractivity contribution is 5.87. The van der Waals surface area contributed by atoms with Gasteiger partial charge in [0, 0.05) is 6.08 Å². The zero-order valence-corrected chi connectivity index (χ0v) is 9.16. The van der Waals surface area contributed by atoms with E-state index in [1.165, 1.54) is 24.3 Å². The molecule has 16 heavy (non-hydrogen) atoms. The van der Waals surface area contributed by atoms with E-state index in [1.807, 2.05) is 0 Å². The van der Waals surface area contributed by atoms with Gasteiger partial charge in [0.2, 0.25) is 0 Å². The van der Waals surface area contributed by atoms with Crippen molar-refractivity contribution in [1.82, 2.24) is 0 Å². The lowest BCUT2D eigenvalue weighted by molar-refractivity contribution is -0.137. The van der Waals surface area contributed by atoms with Crippen molar-refractivity contribution in [3.8, 4) is 5.75 Å². The Kier molecular flexibility index (Phi) is 4.05. The minimum atomic E-state index is -0.714. The second-order valence-corrected chi connectivity index (χ2v) is 3.25. The number of aryl methyl sites for hydroxylation is 1. The first-order valence-corrected chi connectivity index (χ1v) is 4.88. The molecule has 0 spiro atoms. The molecule has 0 atom stereocenters. The molecular weight excluding hydrogens is 211 g/mol. The van der Waals surface area contributed by atoms with Gasteiger partial charge in [0.05, 0.1) is 6.61 Å². The van der Waals surface area contributed by atoms with Crippen molar-refractivity contribution in [2.75, 3.05) is 6.61 Å². The van der Waals surface area contributed by atoms with Crippen molar-refractivity contribution >= 4 is 12.0 Å². The third-order valence-corrected chi connectivity index (χ3v) is 2.02. The summed E-state index contributed by atoms with van der Waals surface area (Å²) in [5.41, 5.74) is 1.21. The fraction of sp³-hybridized carbons (Fsp3) is 0.250. The predicted octanol–water partition coefficient (Wildman–Crippen LogP) is 2.42. The molecule has 1 N–H and O–H groups in total. The standard InChI is InChI=1S/C12H13FO3/c1-3-16-12(15)5-4-9-7-10(13)11(14)6-8(9)2/h4-7,14H,3H2,1-2H3/b5-4+. The van der Waals surface area contributed by atoms with Gasteiger partial charge >= 0.3 is 5.97 Å². The van der Waals surface area contributed by atoms with Crippen molar-refractivity contribution in [1.29, 1.82) is 0 Å². The SMILES string of the molecule is CCOC(=O)/C=C/c1cc(F)c(O)cc1C. The number of aromatic hydroxyl groups is 1. The number of ether oxygens (including phenoxy) is 1. The first kappa shape index (κ1) is 12.2. The lowest BCUT2D eigenvalue weighted by Crippen LogP contribution is -1.98. The topological polar surface area (TPSA) is 46.5 Å². The predicted molar refractivity (Wildman–Crippen MR) is 58.5 cm³/mol. The fourth-order valence-electron chi connectivity index (χ4n) is 1.21. The maximum absolute atomic E-state index is 13.0. The molecule has 1 aromatic rings. The second kappa shape index (κ2) is 5.30. The quantitative estimate of drug-likeness (QED) is 0.633. The number of phenolic OH excluding ortho intramolecular Hbond substituents is 1. The maximum atomic E-state index is 13.0. The molecule has 0 saturated heterocycles. The van der Waals surface area contributed by atoms with Gasteiger partial charge in [0.1, 0.15) is 0 Å². The monoisotopic (exact) mass is 224 g/mol. The van der Waals surface area contributed by atoms with Gasteiger partial charge in [0.15, 0.2) is 11.6 Å². The van der Waals surface area contributed by atoms with Gasteiger partial charge < -0.3 is 9.84 Å². The first-order chi connectivity index (χ1) is 7.54. The molecule has 0 aliphatic heterocycles. The molecule has 0 aliphatic rings. The van der Waals surface area contributed by atoms with Crippen LogP contribution in [0, 0.1) is 12.7 Å². The molecule has 0 unspecified atom stereocenters. The average Bonchev–Trinajstić information content (AvgIpc) is 2.22. The lowest BCUT2D eigenvalue weighted by atomic mass is 10.1. The van der Waals surface area contributed by atoms with Crippen LogP contribution in [0.25, 0.3) is 6.08 Å². The van der Waals surface area contributed by atoms with E-state index in [9.17, 15) is 9.18 Å². The highest BCUT2D eigenvalue weighted by Gasteiger charge is 2.04. The van der Waals surface area contributed by atoms with E-state index in [0.29, 0.717) is 17.7 Å². The number of halogens is 1. The third kappa shape index (κ3) is 3.08. The Balaban J connectivity index is 2.89. The molecule has 4 heteroatoms. The van der Waals surface area contributed by atoms with E-state index < -0.39 is 17.5 Å². The maximum Gasteiger partial charge on any atom is 0.330 e. The van der Waals surface area contributed by atoms with Crippen LogP contribution in [-0.4, -0.2) is 17.7 Å². The third-order valence-electron chi connectivity index (χ3n) is 2.02. The number of hydrogen-bond acceptors (Lipinski definition) is 3.